The van der Waals surface area contributed by atoms with Crippen molar-refractivity contribution < 1.29 is 0 Å². The molecule has 640 valence electrons. The summed E-state index contributed by atoms with van der Waals surface area (Å²) in [6.45, 7) is 0. The molecule has 30 rings (SSSR count). The molecule has 0 amide bonds. The molecule has 0 N–H and O–H groups in total. The average molecular weight is 1790 g/mol. The van der Waals surface area contributed by atoms with Crippen LogP contribution in [-0.4, -0.2) is 48.2 Å². The Kier molecular flexibility index (Phi) is 17.3. The maximum atomic E-state index is 5.13. The molecule has 0 atom stereocenters. The molecule has 30 aromatic rings. The van der Waals surface area contributed by atoms with Gasteiger partial charge >= 0.3 is 0 Å². The summed E-state index contributed by atoms with van der Waals surface area (Å²) in [5, 5.41) is 29.5. The van der Waals surface area contributed by atoms with E-state index in [4.69, 9.17) is 29.9 Å². The SMILES string of the molecule is c1ccc(-c2nc(-c3ccccc3)nc(-c3ccc4c5ccc(-n6c7ccccc7c7cc(-n8c9ccccc9c9ccc%10c%11ccccc%11sc%10c98)ccc76)cc5c5ccccc5c4c3)n2)cc1.c1ccc(-c2nc(-c3ccccc3)nc(-c3ccc4c5ccccc5c5ccc(-n6c7ccccc7c7cc(-n8c9ccccc9c9ccc%10c%11ccccc%11sc%10c98)ccc76)cc5c4c3)n2)cc1. The largest absolute Gasteiger partial charge is 0.309 e. The lowest BCUT2D eigenvalue weighted by Crippen LogP contribution is -2.00. The van der Waals surface area contributed by atoms with Gasteiger partial charge in [0.1, 0.15) is 0 Å². The zero-order valence-electron chi connectivity index (χ0n) is 74.0. The van der Waals surface area contributed by atoms with Crippen LogP contribution in [0.4, 0.5) is 0 Å². The number of benzene rings is 22. The molecule has 0 aliphatic rings. The Morgan fingerprint density at radius 2 is 0.362 bits per heavy atom. The van der Waals surface area contributed by atoms with E-state index in [2.05, 4.69) is 394 Å². The standard InChI is InChI=1S/2C63H37N5S/c1-3-15-38(16-4-1)61-64-62(39-17-5-2-6-18-39)66-63(65-61)40-27-30-45-46-31-28-41(36-53(46)44-20-8-7-19-43(44)52(45)35-40)67-55-24-12-10-22-48(55)54-37-42(29-34-57(54)67)68-56-25-13-9-21-47(56)50-32-33-51-49-23-11-14-26-58(49)69-60(51)59(50)68;1-3-15-38(16-4-1)61-64-62(39-17-5-2-6-18-39)66-63(65-61)40-27-30-45-43-19-7-8-20-44(43)46-31-28-41(36-53(46)52(45)35-40)67-55-24-12-10-22-48(55)54-37-42(29-34-57(54)67)68-56-25-13-9-21-47(56)50-32-33-51-49-23-11-14-26-58(49)69-60(51)59(50)68/h2*1-37H. The molecule has 138 heavy (non-hydrogen) atoms. The first-order chi connectivity index (χ1) is 68.4. The summed E-state index contributed by atoms with van der Waals surface area (Å²) in [4.78, 5) is 30.4. The van der Waals surface area contributed by atoms with E-state index >= 15 is 0 Å². The van der Waals surface area contributed by atoms with Crippen molar-refractivity contribution in [2.75, 3.05) is 0 Å². The van der Waals surface area contributed by atoms with Gasteiger partial charge in [-0.2, -0.15) is 0 Å². The van der Waals surface area contributed by atoms with E-state index in [1.54, 1.807) is 0 Å². The molecule has 8 aromatic heterocycles. The number of fused-ring (bicyclic) bond motifs is 32. The van der Waals surface area contributed by atoms with Crippen LogP contribution in [0.5, 0.6) is 0 Å². The third-order valence-electron chi connectivity index (χ3n) is 28.3. The van der Waals surface area contributed by atoms with Crippen LogP contribution in [0.15, 0.2) is 449 Å². The van der Waals surface area contributed by atoms with Crippen LogP contribution in [0.25, 0.3) is 283 Å². The van der Waals surface area contributed by atoms with Crippen LogP contribution in [-0.2, 0) is 0 Å². The van der Waals surface area contributed by atoms with Crippen LogP contribution >= 0.6 is 22.7 Å². The number of nitrogens with zero attached hydrogens (tertiary/aromatic N) is 10. The van der Waals surface area contributed by atoms with Gasteiger partial charge in [-0.15, -0.1) is 22.7 Å². The lowest BCUT2D eigenvalue weighted by Gasteiger charge is -2.15. The Labute approximate surface area is 797 Å². The summed E-state index contributed by atoms with van der Waals surface area (Å²) >= 11 is 3.78. The van der Waals surface area contributed by atoms with E-state index in [0.717, 1.165) is 77.9 Å². The first-order valence-electron chi connectivity index (χ1n) is 46.7. The van der Waals surface area contributed by atoms with Gasteiger partial charge in [0.05, 0.1) is 53.5 Å². The Hall–Kier alpha value is -17.9. The molecule has 0 unspecified atom stereocenters. The highest BCUT2D eigenvalue weighted by molar-refractivity contribution is 7.27. The van der Waals surface area contributed by atoms with Gasteiger partial charge in [0.2, 0.25) is 0 Å². The van der Waals surface area contributed by atoms with E-state index in [9.17, 15) is 0 Å². The third kappa shape index (κ3) is 12.1. The van der Waals surface area contributed by atoms with Gasteiger partial charge in [0, 0.05) is 130 Å². The highest BCUT2D eigenvalue weighted by atomic mass is 32.1. The number of aromatic nitrogens is 10. The molecule has 10 nitrogen and oxygen atoms in total. The predicted octanol–water partition coefficient (Wildman–Crippen LogP) is 33.8. The second kappa shape index (κ2) is 30.8. The normalized spacial score (nSPS) is 12.1. The number of hydrogen-bond acceptors (Lipinski definition) is 8. The lowest BCUT2D eigenvalue weighted by atomic mass is 9.93. The minimum atomic E-state index is 0.636. The number of rotatable bonds is 10. The van der Waals surface area contributed by atoms with Crippen molar-refractivity contribution in [1.29, 1.82) is 0 Å². The van der Waals surface area contributed by atoms with Gasteiger partial charge in [-0.1, -0.05) is 340 Å². The van der Waals surface area contributed by atoms with Gasteiger partial charge in [-0.25, -0.2) is 29.9 Å². The molecule has 0 aliphatic carbocycles. The smallest absolute Gasteiger partial charge is 0.164 e. The molecule has 0 fully saturated rings. The van der Waals surface area contributed by atoms with Crippen LogP contribution in [0.3, 0.4) is 0 Å². The van der Waals surface area contributed by atoms with Crippen LogP contribution in [0.1, 0.15) is 0 Å². The second-order valence-corrected chi connectivity index (χ2v) is 37.9. The summed E-state index contributed by atoms with van der Waals surface area (Å²) < 4.78 is 15.1. The Morgan fingerprint density at radius 3 is 0.732 bits per heavy atom. The maximum absolute atomic E-state index is 5.13. The fourth-order valence-electron chi connectivity index (χ4n) is 22.1. The molecule has 0 spiro atoms. The Morgan fingerprint density at radius 1 is 0.138 bits per heavy atom. The van der Waals surface area contributed by atoms with E-state index in [1.807, 2.05) is 95.5 Å². The van der Waals surface area contributed by atoms with Crippen LogP contribution in [0.2, 0.25) is 0 Å². The van der Waals surface area contributed by atoms with Gasteiger partial charge in [0.25, 0.3) is 0 Å². The minimum Gasteiger partial charge on any atom is -0.309 e. The molecule has 0 radical (unpaired) electrons. The molecule has 0 saturated heterocycles. The molecule has 0 bridgehead atoms. The Balaban J connectivity index is 0.000000133. The third-order valence-corrected chi connectivity index (χ3v) is 30.6. The summed E-state index contributed by atoms with van der Waals surface area (Å²) in [6.07, 6.45) is 0. The van der Waals surface area contributed by atoms with E-state index in [1.165, 1.54) is 170 Å². The molecule has 8 heterocycles. The lowest BCUT2D eigenvalue weighted by molar-refractivity contribution is 1.07. The van der Waals surface area contributed by atoms with E-state index in [-0.39, 0.29) is 0 Å². The molecule has 0 aliphatic heterocycles. The molecular weight excluding hydrogens is 1720 g/mol. The fraction of sp³-hybridized carbons (Fsp3) is 0. The first-order valence-corrected chi connectivity index (χ1v) is 48.3. The summed E-state index contributed by atoms with van der Waals surface area (Å²) in [5.74, 6) is 3.87. The van der Waals surface area contributed by atoms with E-state index in [0.29, 0.717) is 34.9 Å². The predicted molar refractivity (Wildman–Crippen MR) is 580 cm³/mol. The van der Waals surface area contributed by atoms with Crippen molar-refractivity contribution in [2.24, 2.45) is 0 Å². The number of thiophene rings is 2. The van der Waals surface area contributed by atoms with Crippen molar-refractivity contribution >= 4 is 215 Å². The average Bonchev–Trinajstić information content (AvgIpc) is 1.52. The highest BCUT2D eigenvalue weighted by Crippen LogP contribution is 2.50. The van der Waals surface area contributed by atoms with Crippen molar-refractivity contribution in [1.82, 2.24) is 48.2 Å². The molecule has 0 saturated carbocycles. The van der Waals surface area contributed by atoms with Crippen LogP contribution < -0.4 is 0 Å². The zero-order valence-corrected chi connectivity index (χ0v) is 75.6. The monoisotopic (exact) mass is 1790 g/mol. The Bertz CT molecular complexity index is 10200. The van der Waals surface area contributed by atoms with Gasteiger partial charge in [-0.05, 0) is 174 Å². The summed E-state index contributed by atoms with van der Waals surface area (Å²) in [6, 6.07) is 162. The summed E-state index contributed by atoms with van der Waals surface area (Å²) in [5.41, 5.74) is 19.8. The first kappa shape index (κ1) is 77.6. The quantitative estimate of drug-likeness (QED) is 0.127. The second-order valence-electron chi connectivity index (χ2n) is 35.8. The minimum absolute atomic E-state index is 0.636. The van der Waals surface area contributed by atoms with Crippen molar-refractivity contribution in [3.8, 4) is 91.1 Å². The topological polar surface area (TPSA) is 97.1 Å². The highest BCUT2D eigenvalue weighted by Gasteiger charge is 2.27. The number of para-hydroxylation sites is 4. The van der Waals surface area contributed by atoms with Gasteiger partial charge in [-0.3, -0.25) is 0 Å². The van der Waals surface area contributed by atoms with Gasteiger partial charge < -0.3 is 18.3 Å². The zero-order chi connectivity index (χ0) is 90.3. The fourth-order valence-corrected chi connectivity index (χ4v) is 24.6. The van der Waals surface area contributed by atoms with Crippen molar-refractivity contribution in [3.63, 3.8) is 0 Å². The molecule has 22 aromatic carbocycles. The molecular formula is C126H74N10S2. The molecule has 12 heteroatoms. The maximum Gasteiger partial charge on any atom is 0.164 e. The van der Waals surface area contributed by atoms with Crippen LogP contribution in [0, 0.1) is 0 Å². The van der Waals surface area contributed by atoms with E-state index < -0.39 is 0 Å². The number of hydrogen-bond donors (Lipinski definition) is 0. The van der Waals surface area contributed by atoms with Crippen molar-refractivity contribution in [2.45, 2.75) is 0 Å². The summed E-state index contributed by atoms with van der Waals surface area (Å²) in [7, 11) is 0. The van der Waals surface area contributed by atoms with Gasteiger partial charge in [0.15, 0.2) is 34.9 Å². The van der Waals surface area contributed by atoms with Crippen molar-refractivity contribution in [3.05, 3.63) is 449 Å².